The van der Waals surface area contributed by atoms with Crippen LogP contribution in [0.4, 0.5) is 24.7 Å². The van der Waals surface area contributed by atoms with Gasteiger partial charge >= 0.3 is 12.1 Å². The van der Waals surface area contributed by atoms with E-state index in [0.717, 1.165) is 31.5 Å². The molecule has 3 heterocycles. The van der Waals surface area contributed by atoms with Crippen LogP contribution >= 0.6 is 0 Å². The fourth-order valence-electron chi connectivity index (χ4n) is 4.16. The molecule has 4 rings (SSSR count). The number of carboxylic acids is 1. The minimum Gasteiger partial charge on any atom is -0.475 e. The first-order valence-corrected chi connectivity index (χ1v) is 14.5. The van der Waals surface area contributed by atoms with Crippen molar-refractivity contribution in [2.45, 2.75) is 49.8 Å². The summed E-state index contributed by atoms with van der Waals surface area (Å²) in [6.45, 7) is 8.25. The molecule has 2 aromatic rings. The average Bonchev–Trinajstić information content (AvgIpc) is 3.46. The average molecular weight is 602 g/mol. The molecule has 0 radical (unpaired) electrons. The third kappa shape index (κ3) is 9.30. The normalized spacial score (nSPS) is 17.5. The number of aliphatic carboxylic acids is 1. The summed E-state index contributed by atoms with van der Waals surface area (Å²) in [6.07, 6.45) is -1.70. The van der Waals surface area contributed by atoms with Crippen LogP contribution in [0.25, 0.3) is 0 Å². The first-order chi connectivity index (χ1) is 19.3. The fourth-order valence-corrected chi connectivity index (χ4v) is 5.20. The van der Waals surface area contributed by atoms with Crippen molar-refractivity contribution in [3.05, 3.63) is 47.7 Å². The summed E-state index contributed by atoms with van der Waals surface area (Å²) in [5, 5.41) is 13.3. The van der Waals surface area contributed by atoms with Crippen molar-refractivity contribution in [3.8, 4) is 0 Å². The van der Waals surface area contributed by atoms with Gasteiger partial charge in [-0.15, -0.1) is 0 Å². The molecular formula is C26H34F3N5O6S. The SMILES string of the molecule is CC(C)c1ccc(S(=O)(=O)Nc2cnc(N3CCNCC3)c(C(=O)NCC3CCCO3)c2)cc1.O=C(O)C(F)(F)F. The molecule has 1 aromatic carbocycles. The van der Waals surface area contributed by atoms with Crippen LogP contribution in [0.5, 0.6) is 0 Å². The van der Waals surface area contributed by atoms with E-state index in [1.807, 2.05) is 17.0 Å². The number of rotatable bonds is 8. The molecule has 2 fully saturated rings. The topological polar surface area (TPSA) is 150 Å². The largest absolute Gasteiger partial charge is 0.490 e. The van der Waals surface area contributed by atoms with E-state index in [9.17, 15) is 26.4 Å². The number of carboxylic acid groups (broad SMARTS) is 1. The molecule has 0 aliphatic carbocycles. The van der Waals surface area contributed by atoms with Crippen molar-refractivity contribution in [2.24, 2.45) is 0 Å². The Hall–Kier alpha value is -3.43. The zero-order valence-electron chi connectivity index (χ0n) is 22.7. The van der Waals surface area contributed by atoms with Crippen LogP contribution in [0.2, 0.25) is 0 Å². The monoisotopic (exact) mass is 601 g/mol. The van der Waals surface area contributed by atoms with Gasteiger partial charge in [0.15, 0.2) is 0 Å². The Labute approximate surface area is 236 Å². The molecule has 2 saturated heterocycles. The number of sulfonamides is 1. The van der Waals surface area contributed by atoms with Gasteiger partial charge in [0.1, 0.15) is 5.82 Å². The van der Waals surface area contributed by atoms with Crippen molar-refractivity contribution in [1.82, 2.24) is 15.6 Å². The highest BCUT2D eigenvalue weighted by Crippen LogP contribution is 2.25. The van der Waals surface area contributed by atoms with E-state index >= 15 is 0 Å². The first-order valence-electron chi connectivity index (χ1n) is 13.1. The summed E-state index contributed by atoms with van der Waals surface area (Å²) in [7, 11) is -3.83. The van der Waals surface area contributed by atoms with Crippen molar-refractivity contribution < 1.29 is 41.0 Å². The van der Waals surface area contributed by atoms with Crippen molar-refractivity contribution in [1.29, 1.82) is 0 Å². The second-order valence-corrected chi connectivity index (χ2v) is 11.5. The zero-order chi connectivity index (χ0) is 30.2. The second kappa shape index (κ2) is 14.0. The van der Waals surface area contributed by atoms with Crippen molar-refractivity contribution in [2.75, 3.05) is 49.0 Å². The Kier molecular flexibility index (Phi) is 10.9. The molecule has 1 unspecified atom stereocenters. The lowest BCUT2D eigenvalue weighted by molar-refractivity contribution is -0.192. The number of nitrogens with zero attached hydrogens (tertiary/aromatic N) is 2. The molecule has 0 spiro atoms. The number of hydrogen-bond donors (Lipinski definition) is 4. The maximum atomic E-state index is 13.1. The summed E-state index contributed by atoms with van der Waals surface area (Å²) in [5.74, 6) is -2.19. The lowest BCUT2D eigenvalue weighted by Gasteiger charge is -2.30. The molecule has 41 heavy (non-hydrogen) atoms. The summed E-state index contributed by atoms with van der Waals surface area (Å²) in [6, 6.07) is 8.38. The van der Waals surface area contributed by atoms with Gasteiger partial charge in [0.25, 0.3) is 15.9 Å². The molecule has 1 aromatic heterocycles. The minimum absolute atomic E-state index is 0.00930. The fraction of sp³-hybridized carbons (Fsp3) is 0.500. The standard InChI is InChI=1S/C24H33N5O4S.C2HF3O2/c1-17(2)18-5-7-21(8-6-18)34(31,32)28-19-14-22(24(30)27-16-20-4-3-13-33-20)23(26-15-19)29-11-9-25-10-12-29;3-2(4,5)1(6)7/h5-8,14-15,17,20,25,28H,3-4,9-13,16H2,1-2H3,(H,27,30);(H,6,7). The first kappa shape index (κ1) is 32.1. The molecule has 0 bridgehead atoms. The molecular weight excluding hydrogens is 567 g/mol. The molecule has 2 aliphatic rings. The van der Waals surface area contributed by atoms with Gasteiger partial charge in [-0.1, -0.05) is 26.0 Å². The van der Waals surface area contributed by atoms with E-state index in [4.69, 9.17) is 14.6 Å². The Balaban J connectivity index is 0.000000587. The number of anilines is 2. The van der Waals surface area contributed by atoms with E-state index in [0.29, 0.717) is 43.5 Å². The molecule has 0 saturated carbocycles. The van der Waals surface area contributed by atoms with Crippen LogP contribution in [-0.2, 0) is 19.6 Å². The smallest absolute Gasteiger partial charge is 0.475 e. The Morgan fingerprint density at radius 3 is 2.37 bits per heavy atom. The number of nitrogens with one attached hydrogen (secondary N) is 3. The number of carbonyl (C=O) groups is 2. The minimum atomic E-state index is -5.08. The highest BCUT2D eigenvalue weighted by atomic mass is 32.2. The van der Waals surface area contributed by atoms with Crippen molar-refractivity contribution in [3.63, 3.8) is 0 Å². The van der Waals surface area contributed by atoms with Gasteiger partial charge in [-0.25, -0.2) is 18.2 Å². The van der Waals surface area contributed by atoms with E-state index in [1.54, 1.807) is 18.2 Å². The van der Waals surface area contributed by atoms with Crippen LogP contribution < -0.4 is 20.3 Å². The lowest BCUT2D eigenvalue weighted by atomic mass is 10.0. The van der Waals surface area contributed by atoms with E-state index in [1.165, 1.54) is 6.20 Å². The Morgan fingerprint density at radius 2 is 1.83 bits per heavy atom. The van der Waals surface area contributed by atoms with E-state index < -0.39 is 22.2 Å². The number of aromatic nitrogens is 1. The van der Waals surface area contributed by atoms with Gasteiger partial charge < -0.3 is 25.4 Å². The molecule has 11 nitrogen and oxygen atoms in total. The maximum Gasteiger partial charge on any atom is 0.490 e. The predicted octanol–water partition coefficient (Wildman–Crippen LogP) is 2.96. The summed E-state index contributed by atoms with van der Waals surface area (Å²) in [5.41, 5.74) is 1.65. The number of pyridine rings is 1. The van der Waals surface area contributed by atoms with Crippen molar-refractivity contribution >= 4 is 33.4 Å². The summed E-state index contributed by atoms with van der Waals surface area (Å²) >= 11 is 0. The van der Waals surface area contributed by atoms with Gasteiger partial charge in [0, 0.05) is 39.3 Å². The molecule has 2 aliphatic heterocycles. The number of carbonyl (C=O) groups excluding carboxylic acids is 1. The third-order valence-corrected chi connectivity index (χ3v) is 7.79. The highest BCUT2D eigenvalue weighted by Gasteiger charge is 2.38. The van der Waals surface area contributed by atoms with Crippen LogP contribution in [0.1, 0.15) is 48.5 Å². The number of ether oxygens (including phenoxy) is 1. The van der Waals surface area contributed by atoms with Gasteiger partial charge in [-0.3, -0.25) is 9.52 Å². The van der Waals surface area contributed by atoms with Gasteiger partial charge in [0.05, 0.1) is 28.4 Å². The predicted molar refractivity (Wildman–Crippen MR) is 146 cm³/mol. The number of hydrogen-bond acceptors (Lipinski definition) is 8. The van der Waals surface area contributed by atoms with Crippen LogP contribution in [0, 0.1) is 0 Å². The molecule has 1 atom stereocenters. The van der Waals surface area contributed by atoms with Crippen LogP contribution in [-0.4, -0.2) is 82.0 Å². The van der Waals surface area contributed by atoms with E-state index in [-0.39, 0.29) is 22.6 Å². The Bertz CT molecular complexity index is 1290. The van der Waals surface area contributed by atoms with Gasteiger partial charge in [-0.05, 0) is 42.5 Å². The number of piperazine rings is 1. The maximum absolute atomic E-state index is 13.1. The number of amides is 1. The molecule has 15 heteroatoms. The highest BCUT2D eigenvalue weighted by molar-refractivity contribution is 7.92. The van der Waals surface area contributed by atoms with E-state index in [2.05, 4.69) is 34.2 Å². The zero-order valence-corrected chi connectivity index (χ0v) is 23.5. The van der Waals surface area contributed by atoms with Crippen LogP contribution in [0.3, 0.4) is 0 Å². The lowest BCUT2D eigenvalue weighted by Crippen LogP contribution is -2.45. The molecule has 226 valence electrons. The van der Waals surface area contributed by atoms with Crippen LogP contribution in [0.15, 0.2) is 41.4 Å². The van der Waals surface area contributed by atoms with Gasteiger partial charge in [0.2, 0.25) is 0 Å². The quantitative estimate of drug-likeness (QED) is 0.358. The summed E-state index contributed by atoms with van der Waals surface area (Å²) in [4.78, 5) is 28.7. The molecule has 4 N–H and O–H groups in total. The van der Waals surface area contributed by atoms with Gasteiger partial charge in [-0.2, -0.15) is 13.2 Å². The molecule has 1 amide bonds. The number of alkyl halides is 3. The Morgan fingerprint density at radius 1 is 1.20 bits per heavy atom. The number of halogens is 3. The number of benzene rings is 1. The third-order valence-electron chi connectivity index (χ3n) is 6.39. The second-order valence-electron chi connectivity index (χ2n) is 9.81. The summed E-state index contributed by atoms with van der Waals surface area (Å²) < 4.78 is 65.9.